The van der Waals surface area contributed by atoms with Crippen molar-refractivity contribution in [2.24, 2.45) is 23.2 Å². The molecule has 0 aliphatic heterocycles. The molecule has 1 amide bonds. The third-order valence-electron chi connectivity index (χ3n) is 6.47. The van der Waals surface area contributed by atoms with Crippen LogP contribution in [0.4, 0.5) is 0 Å². The van der Waals surface area contributed by atoms with Crippen molar-refractivity contribution in [3.63, 3.8) is 0 Å². The molecule has 5 heteroatoms. The zero-order chi connectivity index (χ0) is 16.2. The van der Waals surface area contributed by atoms with Crippen molar-refractivity contribution < 1.29 is 9.90 Å². The maximum atomic E-state index is 12.3. The molecule has 1 aromatic rings. The Morgan fingerprint density at radius 1 is 1.26 bits per heavy atom. The van der Waals surface area contributed by atoms with Crippen molar-refractivity contribution >= 4 is 5.91 Å². The lowest BCUT2D eigenvalue weighted by atomic mass is 9.48. The molecule has 4 fully saturated rings. The molecule has 0 unspecified atom stereocenters. The molecule has 4 saturated carbocycles. The number of nitrogens with one attached hydrogen (secondary N) is 2. The Labute approximate surface area is 137 Å². The minimum atomic E-state index is -0.430. The smallest absolute Gasteiger partial charge is 0.271 e. The Morgan fingerprint density at radius 3 is 2.30 bits per heavy atom. The Bertz CT molecular complexity index is 586. The molecular formula is C18H27N3O2. The van der Waals surface area contributed by atoms with E-state index >= 15 is 0 Å². The summed E-state index contributed by atoms with van der Waals surface area (Å²) in [6.07, 6.45) is 7.11. The Balaban J connectivity index is 1.41. The van der Waals surface area contributed by atoms with Gasteiger partial charge >= 0.3 is 0 Å². The van der Waals surface area contributed by atoms with Crippen LogP contribution in [-0.2, 0) is 0 Å². The fraction of sp³-hybridized carbons (Fsp3) is 0.778. The first kappa shape index (κ1) is 15.2. The van der Waals surface area contributed by atoms with Crippen LogP contribution in [0.25, 0.3) is 0 Å². The fourth-order valence-corrected chi connectivity index (χ4v) is 5.91. The third-order valence-corrected chi connectivity index (χ3v) is 6.47. The highest BCUT2D eigenvalue weighted by Crippen LogP contribution is 2.61. The number of aliphatic hydroxyl groups is 1. The van der Waals surface area contributed by atoms with Crippen molar-refractivity contribution in [3.05, 3.63) is 17.2 Å². The quantitative estimate of drug-likeness (QED) is 0.797. The first-order valence-corrected chi connectivity index (χ1v) is 8.94. The van der Waals surface area contributed by atoms with Crippen molar-refractivity contribution in [1.29, 1.82) is 0 Å². The van der Waals surface area contributed by atoms with Gasteiger partial charge in [0.15, 0.2) is 0 Å². The minimum Gasteiger partial charge on any atom is -0.391 e. The van der Waals surface area contributed by atoms with E-state index in [4.69, 9.17) is 0 Å². The fourth-order valence-electron chi connectivity index (χ4n) is 5.91. The molecule has 0 saturated heterocycles. The highest BCUT2D eigenvalue weighted by atomic mass is 16.3. The average molecular weight is 317 g/mol. The summed E-state index contributed by atoms with van der Waals surface area (Å²) in [5.41, 5.74) is 1.28. The number of aromatic nitrogens is 2. The Hall–Kier alpha value is -1.36. The van der Waals surface area contributed by atoms with E-state index < -0.39 is 6.10 Å². The highest BCUT2D eigenvalue weighted by molar-refractivity contribution is 5.93. The molecule has 4 bridgehead atoms. The van der Waals surface area contributed by atoms with Gasteiger partial charge in [-0.25, -0.2) is 4.98 Å². The van der Waals surface area contributed by atoms with Crippen molar-refractivity contribution in [2.45, 2.75) is 58.5 Å². The highest BCUT2D eigenvalue weighted by Gasteiger charge is 2.53. The molecule has 4 aliphatic carbocycles. The van der Waals surface area contributed by atoms with Gasteiger partial charge in [0.1, 0.15) is 11.5 Å². The van der Waals surface area contributed by atoms with Gasteiger partial charge in [0.05, 0.1) is 6.10 Å². The van der Waals surface area contributed by atoms with Crippen LogP contribution in [0.5, 0.6) is 0 Å². The summed E-state index contributed by atoms with van der Waals surface area (Å²) < 4.78 is 0. The predicted octanol–water partition coefficient (Wildman–Crippen LogP) is 2.33. The van der Waals surface area contributed by atoms with Crippen LogP contribution in [0, 0.1) is 37.0 Å². The number of hydrogen-bond donors (Lipinski definition) is 3. The number of carbonyl (C=O) groups excluding carboxylic acids is 1. The van der Waals surface area contributed by atoms with Crippen LogP contribution >= 0.6 is 0 Å². The lowest BCUT2D eigenvalue weighted by Crippen LogP contribution is -2.54. The second-order valence-corrected chi connectivity index (χ2v) is 8.30. The standard InChI is InChI=1S/C18H27N3O2/c1-10-16(21-11(2)20-10)17(23)19-9-15(22)18-6-12-3-13(7-18)5-14(4-12)8-18/h12-15,22H,3-9H2,1-2H3,(H,19,23)(H,20,21)/t12?,13?,14?,15-,18?/m1/s1. The number of nitrogens with zero attached hydrogens (tertiary/aromatic N) is 1. The van der Waals surface area contributed by atoms with Crippen LogP contribution in [0.15, 0.2) is 0 Å². The SMILES string of the molecule is Cc1nc(C(=O)NC[C@@H](O)C23CC4CC(CC(C4)C2)C3)c(C)[nH]1. The Kier molecular flexibility index (Phi) is 3.52. The molecule has 126 valence electrons. The molecule has 1 atom stereocenters. The van der Waals surface area contributed by atoms with Gasteiger partial charge in [-0.05, 0) is 75.5 Å². The Morgan fingerprint density at radius 2 is 1.83 bits per heavy atom. The van der Waals surface area contributed by atoms with E-state index in [1.54, 1.807) is 0 Å². The van der Waals surface area contributed by atoms with E-state index in [1.165, 1.54) is 19.3 Å². The zero-order valence-electron chi connectivity index (χ0n) is 14.1. The molecule has 3 N–H and O–H groups in total. The molecule has 1 heterocycles. The van der Waals surface area contributed by atoms with E-state index in [1.807, 2.05) is 13.8 Å². The van der Waals surface area contributed by atoms with Gasteiger partial charge in [-0.1, -0.05) is 0 Å². The van der Waals surface area contributed by atoms with E-state index in [0.717, 1.165) is 48.5 Å². The monoisotopic (exact) mass is 317 g/mol. The van der Waals surface area contributed by atoms with Crippen molar-refractivity contribution in [2.75, 3.05) is 6.54 Å². The number of imidazole rings is 1. The molecule has 0 spiro atoms. The topological polar surface area (TPSA) is 78.0 Å². The van der Waals surface area contributed by atoms with E-state index in [9.17, 15) is 9.90 Å². The molecule has 1 aromatic heterocycles. The van der Waals surface area contributed by atoms with E-state index in [2.05, 4.69) is 15.3 Å². The number of aliphatic hydroxyl groups excluding tert-OH is 1. The third kappa shape index (κ3) is 2.59. The molecule has 0 aromatic carbocycles. The molecule has 5 rings (SSSR count). The van der Waals surface area contributed by atoms with E-state index in [-0.39, 0.29) is 11.3 Å². The summed E-state index contributed by atoms with van der Waals surface area (Å²) in [5.74, 6) is 2.98. The second-order valence-electron chi connectivity index (χ2n) is 8.30. The van der Waals surface area contributed by atoms with Crippen LogP contribution in [-0.4, -0.2) is 33.6 Å². The summed E-state index contributed by atoms with van der Waals surface area (Å²) in [5, 5.41) is 13.7. The second kappa shape index (κ2) is 5.33. The number of H-pyrrole nitrogens is 1. The average Bonchev–Trinajstić information content (AvgIpc) is 2.81. The number of aromatic amines is 1. The summed E-state index contributed by atoms with van der Waals surface area (Å²) in [6, 6.07) is 0. The normalized spacial score (nSPS) is 36.2. The summed E-state index contributed by atoms with van der Waals surface area (Å²) in [6.45, 7) is 4.04. The zero-order valence-corrected chi connectivity index (χ0v) is 14.1. The maximum absolute atomic E-state index is 12.3. The summed E-state index contributed by atoms with van der Waals surface area (Å²) in [4.78, 5) is 19.6. The van der Waals surface area contributed by atoms with Crippen LogP contribution in [0.3, 0.4) is 0 Å². The maximum Gasteiger partial charge on any atom is 0.271 e. The number of amides is 1. The lowest BCUT2D eigenvalue weighted by molar-refractivity contribution is -0.118. The first-order chi connectivity index (χ1) is 10.9. The molecule has 23 heavy (non-hydrogen) atoms. The largest absolute Gasteiger partial charge is 0.391 e. The number of aryl methyl sites for hydroxylation is 2. The van der Waals surface area contributed by atoms with Crippen molar-refractivity contribution in [3.8, 4) is 0 Å². The lowest BCUT2D eigenvalue weighted by Gasteiger charge is -2.58. The molecule has 5 nitrogen and oxygen atoms in total. The van der Waals surface area contributed by atoms with Gasteiger partial charge in [0.25, 0.3) is 5.91 Å². The van der Waals surface area contributed by atoms with E-state index in [0.29, 0.717) is 12.2 Å². The number of hydrogen-bond acceptors (Lipinski definition) is 3. The van der Waals surface area contributed by atoms with Gasteiger partial charge in [-0.15, -0.1) is 0 Å². The van der Waals surface area contributed by atoms with Gasteiger partial charge in [0, 0.05) is 12.2 Å². The van der Waals surface area contributed by atoms with Crippen LogP contribution in [0.1, 0.15) is 60.5 Å². The predicted molar refractivity (Wildman–Crippen MR) is 87.0 cm³/mol. The van der Waals surface area contributed by atoms with Crippen LogP contribution < -0.4 is 5.32 Å². The van der Waals surface area contributed by atoms with Crippen LogP contribution in [0.2, 0.25) is 0 Å². The molecule has 0 radical (unpaired) electrons. The van der Waals surface area contributed by atoms with Gasteiger partial charge in [-0.2, -0.15) is 0 Å². The number of carbonyl (C=O) groups is 1. The molecular weight excluding hydrogens is 290 g/mol. The number of rotatable bonds is 4. The van der Waals surface area contributed by atoms with Gasteiger partial charge in [-0.3, -0.25) is 4.79 Å². The first-order valence-electron chi connectivity index (χ1n) is 8.94. The van der Waals surface area contributed by atoms with Gasteiger partial charge in [0.2, 0.25) is 0 Å². The van der Waals surface area contributed by atoms with Crippen molar-refractivity contribution in [1.82, 2.24) is 15.3 Å². The molecule has 4 aliphatic rings. The minimum absolute atomic E-state index is 0.0541. The summed E-state index contributed by atoms with van der Waals surface area (Å²) in [7, 11) is 0. The van der Waals surface area contributed by atoms with Gasteiger partial charge < -0.3 is 15.4 Å². The summed E-state index contributed by atoms with van der Waals surface area (Å²) >= 11 is 0.